The van der Waals surface area contributed by atoms with Crippen LogP contribution >= 0.6 is 23.2 Å². The molecule has 0 aliphatic heterocycles. The molecule has 0 bridgehead atoms. The monoisotopic (exact) mass is 422 g/mol. The number of furan rings is 1. The van der Waals surface area contributed by atoms with Crippen molar-refractivity contribution < 1.29 is 14.0 Å². The average molecular weight is 423 g/mol. The van der Waals surface area contributed by atoms with Crippen molar-refractivity contribution in [3.8, 4) is 0 Å². The maximum Gasteiger partial charge on any atom is 0.332 e. The summed E-state index contributed by atoms with van der Waals surface area (Å²) in [4.78, 5) is 23.9. The maximum absolute atomic E-state index is 12.8. The van der Waals surface area contributed by atoms with E-state index in [9.17, 15) is 9.59 Å². The molecule has 7 nitrogen and oxygen atoms in total. The van der Waals surface area contributed by atoms with Crippen molar-refractivity contribution in [2.24, 2.45) is 16.3 Å². The molecule has 1 aromatic heterocycles. The zero-order valence-electron chi connectivity index (χ0n) is 15.7. The van der Waals surface area contributed by atoms with Gasteiger partial charge in [-0.15, -0.1) is 0 Å². The van der Waals surface area contributed by atoms with Crippen molar-refractivity contribution in [3.05, 3.63) is 50.9 Å². The van der Waals surface area contributed by atoms with Crippen LogP contribution in [0.1, 0.15) is 47.7 Å². The lowest BCUT2D eigenvalue weighted by molar-refractivity contribution is 0.0993. The zero-order chi connectivity index (χ0) is 20.6. The van der Waals surface area contributed by atoms with Crippen LogP contribution in [0.3, 0.4) is 0 Å². The minimum Gasteiger partial charge on any atom is -0.455 e. The summed E-state index contributed by atoms with van der Waals surface area (Å²) in [5.41, 5.74) is 9.65. The van der Waals surface area contributed by atoms with Crippen molar-refractivity contribution in [2.75, 3.05) is 5.32 Å². The fourth-order valence-corrected chi connectivity index (χ4v) is 3.77. The van der Waals surface area contributed by atoms with Gasteiger partial charge in [0, 0.05) is 22.6 Å². The maximum atomic E-state index is 12.8. The highest BCUT2D eigenvalue weighted by Crippen LogP contribution is 2.39. The Balaban J connectivity index is 1.97. The first-order valence-electron chi connectivity index (χ1n) is 8.58. The molecule has 9 heteroatoms. The summed E-state index contributed by atoms with van der Waals surface area (Å²) in [5, 5.41) is 7.66. The second-order valence-electron chi connectivity index (χ2n) is 7.48. The molecule has 1 aromatic carbocycles. The third-order valence-corrected chi connectivity index (χ3v) is 5.03. The molecule has 0 unspecified atom stereocenters. The number of benzene rings is 1. The largest absolute Gasteiger partial charge is 0.455 e. The standard InChI is InChI=1S/C19H20Cl2N4O3/c1-9-15-13(24-25-18(22)27)7-19(2,3)8-14(15)28-16(9)17(26)23-12-5-4-10(20)6-11(12)21/h4-6H,7-8H2,1-3H3,(H,23,26)(H3,22,25,27)/b24-13-. The van der Waals surface area contributed by atoms with E-state index in [1.54, 1.807) is 25.1 Å². The number of nitrogens with two attached hydrogens (primary N) is 1. The van der Waals surface area contributed by atoms with Crippen LogP contribution in [-0.2, 0) is 6.42 Å². The van der Waals surface area contributed by atoms with Gasteiger partial charge in [-0.25, -0.2) is 10.2 Å². The first kappa shape index (κ1) is 20.2. The van der Waals surface area contributed by atoms with Gasteiger partial charge in [0.25, 0.3) is 5.91 Å². The van der Waals surface area contributed by atoms with Gasteiger partial charge in [0.1, 0.15) is 5.76 Å². The van der Waals surface area contributed by atoms with Crippen LogP contribution in [-0.4, -0.2) is 17.6 Å². The minimum atomic E-state index is -0.756. The van der Waals surface area contributed by atoms with Crippen LogP contribution < -0.4 is 16.5 Å². The van der Waals surface area contributed by atoms with E-state index >= 15 is 0 Å². The van der Waals surface area contributed by atoms with Crippen LogP contribution in [0.25, 0.3) is 0 Å². The number of fused-ring (bicyclic) bond motifs is 1. The molecule has 2 aromatic rings. The van der Waals surface area contributed by atoms with Gasteiger partial charge < -0.3 is 15.5 Å². The second kappa shape index (κ2) is 7.48. The Bertz CT molecular complexity index is 995. The van der Waals surface area contributed by atoms with Gasteiger partial charge in [-0.3, -0.25) is 4.79 Å². The van der Waals surface area contributed by atoms with Gasteiger partial charge in [-0.05, 0) is 37.0 Å². The first-order valence-corrected chi connectivity index (χ1v) is 9.34. The molecule has 0 radical (unpaired) electrons. The molecule has 1 aliphatic carbocycles. The molecule has 1 aliphatic rings. The average Bonchev–Trinajstić information content (AvgIpc) is 2.90. The molecule has 28 heavy (non-hydrogen) atoms. The van der Waals surface area contributed by atoms with Crippen molar-refractivity contribution >= 4 is 46.5 Å². The van der Waals surface area contributed by atoms with Gasteiger partial charge in [0.05, 0.1) is 16.4 Å². The van der Waals surface area contributed by atoms with E-state index in [0.717, 1.165) is 5.56 Å². The number of nitrogens with zero attached hydrogens (tertiary/aromatic N) is 1. The smallest absolute Gasteiger partial charge is 0.332 e. The molecule has 1 heterocycles. The number of urea groups is 1. The summed E-state index contributed by atoms with van der Waals surface area (Å²) in [6, 6.07) is 4.04. The Morgan fingerprint density at radius 3 is 2.61 bits per heavy atom. The third kappa shape index (κ3) is 4.15. The molecular formula is C19H20Cl2N4O3. The zero-order valence-corrected chi connectivity index (χ0v) is 17.2. The number of hydrazone groups is 1. The molecule has 4 N–H and O–H groups in total. The number of hydrogen-bond donors (Lipinski definition) is 3. The van der Waals surface area contributed by atoms with E-state index in [-0.39, 0.29) is 11.2 Å². The quantitative estimate of drug-likeness (QED) is 0.633. The Kier molecular flexibility index (Phi) is 5.41. The molecule has 0 saturated carbocycles. The van der Waals surface area contributed by atoms with Crippen molar-refractivity contribution in [1.29, 1.82) is 0 Å². The number of carbonyl (C=O) groups is 2. The van der Waals surface area contributed by atoms with Crippen LogP contribution in [0.2, 0.25) is 10.0 Å². The van der Waals surface area contributed by atoms with E-state index in [0.29, 0.717) is 45.6 Å². The molecule has 0 atom stereocenters. The number of hydrogen-bond acceptors (Lipinski definition) is 4. The van der Waals surface area contributed by atoms with E-state index in [1.807, 2.05) is 0 Å². The topological polar surface area (TPSA) is 110 Å². The Morgan fingerprint density at radius 2 is 1.96 bits per heavy atom. The number of nitrogens with one attached hydrogen (secondary N) is 2. The minimum absolute atomic E-state index is 0.150. The fourth-order valence-electron chi connectivity index (χ4n) is 3.32. The molecule has 0 spiro atoms. The predicted molar refractivity (Wildman–Crippen MR) is 109 cm³/mol. The highest BCUT2D eigenvalue weighted by Gasteiger charge is 2.36. The van der Waals surface area contributed by atoms with Gasteiger partial charge in [-0.2, -0.15) is 5.10 Å². The van der Waals surface area contributed by atoms with Crippen LogP contribution in [0.5, 0.6) is 0 Å². The lowest BCUT2D eigenvalue weighted by Gasteiger charge is -2.29. The van der Waals surface area contributed by atoms with E-state index in [4.69, 9.17) is 33.4 Å². The normalized spacial score (nSPS) is 16.5. The number of rotatable bonds is 3. The van der Waals surface area contributed by atoms with Gasteiger partial charge in [-0.1, -0.05) is 37.0 Å². The number of halogens is 2. The fraction of sp³-hybridized carbons (Fsp3) is 0.316. The second-order valence-corrected chi connectivity index (χ2v) is 8.33. The summed E-state index contributed by atoms with van der Waals surface area (Å²) >= 11 is 12.0. The number of amides is 3. The molecular weight excluding hydrogens is 403 g/mol. The molecule has 3 rings (SSSR count). The van der Waals surface area contributed by atoms with Gasteiger partial charge >= 0.3 is 6.03 Å². The van der Waals surface area contributed by atoms with Gasteiger partial charge in [0.2, 0.25) is 0 Å². The van der Waals surface area contributed by atoms with E-state index in [2.05, 4.69) is 29.7 Å². The summed E-state index contributed by atoms with van der Waals surface area (Å²) in [7, 11) is 0. The number of anilines is 1. The number of primary amides is 1. The van der Waals surface area contributed by atoms with Crippen molar-refractivity contribution in [3.63, 3.8) is 0 Å². The lowest BCUT2D eigenvalue weighted by Crippen LogP contribution is -2.31. The molecule has 0 fully saturated rings. The summed E-state index contributed by atoms with van der Waals surface area (Å²) in [5.74, 6) is 0.378. The highest BCUT2D eigenvalue weighted by atomic mass is 35.5. The highest BCUT2D eigenvalue weighted by molar-refractivity contribution is 6.36. The Hall–Kier alpha value is -2.51. The lowest BCUT2D eigenvalue weighted by atomic mass is 9.75. The Morgan fingerprint density at radius 1 is 1.25 bits per heavy atom. The van der Waals surface area contributed by atoms with Crippen LogP contribution in [0.15, 0.2) is 27.7 Å². The first-order chi connectivity index (χ1) is 13.1. The van der Waals surface area contributed by atoms with Crippen LogP contribution in [0, 0.1) is 12.3 Å². The molecule has 148 valence electrons. The van der Waals surface area contributed by atoms with Crippen molar-refractivity contribution in [2.45, 2.75) is 33.6 Å². The Labute approximate surface area is 172 Å². The SMILES string of the molecule is Cc1c(C(=O)Nc2ccc(Cl)cc2Cl)oc2c1/C(=N\NC(N)=O)CC(C)(C)C2. The summed E-state index contributed by atoms with van der Waals surface area (Å²) in [6.45, 7) is 5.89. The summed E-state index contributed by atoms with van der Waals surface area (Å²) < 4.78 is 5.90. The van der Waals surface area contributed by atoms with Crippen LogP contribution in [0.4, 0.5) is 10.5 Å². The number of carbonyl (C=O) groups excluding carboxylic acids is 2. The van der Waals surface area contributed by atoms with Gasteiger partial charge in [0.15, 0.2) is 5.76 Å². The van der Waals surface area contributed by atoms with Crippen molar-refractivity contribution in [1.82, 2.24) is 5.43 Å². The van der Waals surface area contributed by atoms with E-state index < -0.39 is 11.9 Å². The molecule has 3 amide bonds. The predicted octanol–water partition coefficient (Wildman–Crippen LogP) is 4.49. The third-order valence-electron chi connectivity index (χ3n) is 4.48. The summed E-state index contributed by atoms with van der Waals surface area (Å²) in [6.07, 6.45) is 1.23. The molecule has 0 saturated heterocycles. The van der Waals surface area contributed by atoms with E-state index in [1.165, 1.54) is 0 Å².